The van der Waals surface area contributed by atoms with Crippen LogP contribution in [0.5, 0.6) is 0 Å². The summed E-state index contributed by atoms with van der Waals surface area (Å²) >= 11 is 0. The van der Waals surface area contributed by atoms with Crippen molar-refractivity contribution in [2.24, 2.45) is 0 Å². The van der Waals surface area contributed by atoms with E-state index in [1.165, 1.54) is 12.3 Å². The highest BCUT2D eigenvalue weighted by molar-refractivity contribution is 5.95. The average molecular weight is 241 g/mol. The molecule has 0 saturated heterocycles. The number of carbonyl (C=O) groups excluding carboxylic acids is 1. The van der Waals surface area contributed by atoms with E-state index in [1.54, 1.807) is 0 Å². The van der Waals surface area contributed by atoms with Crippen LogP contribution >= 0.6 is 0 Å². The third kappa shape index (κ3) is 3.67. The van der Waals surface area contributed by atoms with Crippen LogP contribution in [0.15, 0.2) is 12.3 Å². The van der Waals surface area contributed by atoms with E-state index in [4.69, 9.17) is 10.5 Å². The van der Waals surface area contributed by atoms with Gasteiger partial charge in [-0.2, -0.15) is 0 Å². The molecule has 1 heterocycles. The maximum absolute atomic E-state index is 13.4. The lowest BCUT2D eigenvalue weighted by atomic mass is 10.2. The van der Waals surface area contributed by atoms with E-state index in [2.05, 4.69) is 10.3 Å². The molecule has 1 aromatic heterocycles. The first kappa shape index (κ1) is 13.4. The molecular formula is C11H16FN3O2. The number of anilines is 1. The van der Waals surface area contributed by atoms with Crippen LogP contribution in [0.4, 0.5) is 10.2 Å². The molecule has 1 rings (SSSR count). The van der Waals surface area contributed by atoms with Crippen molar-refractivity contribution in [1.82, 2.24) is 10.3 Å². The van der Waals surface area contributed by atoms with Crippen molar-refractivity contribution in [3.05, 3.63) is 23.6 Å². The van der Waals surface area contributed by atoms with Gasteiger partial charge in [0.05, 0.1) is 11.7 Å². The Hall–Kier alpha value is -1.69. The molecule has 0 bridgehead atoms. The number of nitrogens with one attached hydrogen (secondary N) is 1. The standard InChI is InChI=1S/C11H16FN3O2/c1-3-17-7(2)6-15-11(16)8-4-5-14-10(13)9(8)12/h4-5,7H,3,6H2,1-2H3,(H2,13,14)(H,15,16). The molecule has 0 saturated carbocycles. The third-order valence-corrected chi connectivity index (χ3v) is 2.16. The molecule has 17 heavy (non-hydrogen) atoms. The van der Waals surface area contributed by atoms with E-state index in [9.17, 15) is 9.18 Å². The second-order valence-corrected chi connectivity index (χ2v) is 3.53. The summed E-state index contributed by atoms with van der Waals surface area (Å²) in [5.41, 5.74) is 5.16. The quantitative estimate of drug-likeness (QED) is 0.804. The van der Waals surface area contributed by atoms with E-state index in [0.29, 0.717) is 13.2 Å². The molecule has 0 aliphatic rings. The van der Waals surface area contributed by atoms with E-state index in [1.807, 2.05) is 13.8 Å². The van der Waals surface area contributed by atoms with Gasteiger partial charge < -0.3 is 15.8 Å². The van der Waals surface area contributed by atoms with Gasteiger partial charge in [-0.3, -0.25) is 4.79 Å². The Bertz CT molecular complexity index is 398. The number of nitrogens with zero attached hydrogens (tertiary/aromatic N) is 1. The number of pyridine rings is 1. The number of nitrogens with two attached hydrogens (primary N) is 1. The molecular weight excluding hydrogens is 225 g/mol. The largest absolute Gasteiger partial charge is 0.381 e. The number of rotatable bonds is 5. The van der Waals surface area contributed by atoms with E-state index < -0.39 is 11.7 Å². The lowest BCUT2D eigenvalue weighted by molar-refractivity contribution is 0.0693. The highest BCUT2D eigenvalue weighted by atomic mass is 19.1. The average Bonchev–Trinajstić information content (AvgIpc) is 2.30. The summed E-state index contributed by atoms with van der Waals surface area (Å²) in [7, 11) is 0. The van der Waals surface area contributed by atoms with Gasteiger partial charge >= 0.3 is 0 Å². The van der Waals surface area contributed by atoms with Gasteiger partial charge in [0.15, 0.2) is 11.6 Å². The van der Waals surface area contributed by atoms with Crippen molar-refractivity contribution < 1.29 is 13.9 Å². The van der Waals surface area contributed by atoms with Gasteiger partial charge in [-0.05, 0) is 19.9 Å². The predicted octanol–water partition coefficient (Wildman–Crippen LogP) is 0.958. The first-order valence-corrected chi connectivity index (χ1v) is 5.36. The number of ether oxygens (including phenoxy) is 1. The zero-order chi connectivity index (χ0) is 12.8. The van der Waals surface area contributed by atoms with Crippen LogP contribution in [-0.4, -0.2) is 30.1 Å². The number of halogens is 1. The van der Waals surface area contributed by atoms with Gasteiger partial charge in [0, 0.05) is 19.3 Å². The van der Waals surface area contributed by atoms with Crippen molar-refractivity contribution in [3.63, 3.8) is 0 Å². The van der Waals surface area contributed by atoms with Crippen LogP contribution in [0.2, 0.25) is 0 Å². The minimum atomic E-state index is -0.797. The number of hydrogen-bond acceptors (Lipinski definition) is 4. The van der Waals surface area contributed by atoms with Crippen LogP contribution in [0.3, 0.4) is 0 Å². The molecule has 1 atom stereocenters. The summed E-state index contributed by atoms with van der Waals surface area (Å²) in [4.78, 5) is 15.2. The molecule has 6 heteroatoms. The normalized spacial score (nSPS) is 12.2. The molecule has 0 fully saturated rings. The fraction of sp³-hybridized carbons (Fsp3) is 0.455. The van der Waals surface area contributed by atoms with Crippen molar-refractivity contribution in [2.45, 2.75) is 20.0 Å². The Balaban J connectivity index is 2.61. The lowest BCUT2D eigenvalue weighted by Crippen LogP contribution is -2.32. The van der Waals surface area contributed by atoms with Gasteiger partial charge in [-0.25, -0.2) is 9.37 Å². The molecule has 94 valence electrons. The molecule has 0 aliphatic carbocycles. The van der Waals surface area contributed by atoms with Crippen LogP contribution in [0, 0.1) is 5.82 Å². The number of nitrogen functional groups attached to an aromatic ring is 1. The minimum Gasteiger partial charge on any atom is -0.381 e. The van der Waals surface area contributed by atoms with Crippen molar-refractivity contribution >= 4 is 11.7 Å². The van der Waals surface area contributed by atoms with Gasteiger partial charge in [0.25, 0.3) is 5.91 Å². The smallest absolute Gasteiger partial charge is 0.254 e. The van der Waals surface area contributed by atoms with Crippen LogP contribution in [0.1, 0.15) is 24.2 Å². The second kappa shape index (κ2) is 6.15. The molecule has 0 aromatic carbocycles. The van der Waals surface area contributed by atoms with E-state index >= 15 is 0 Å². The SMILES string of the molecule is CCOC(C)CNC(=O)c1ccnc(N)c1F. The third-order valence-electron chi connectivity index (χ3n) is 2.16. The molecule has 0 spiro atoms. The van der Waals surface area contributed by atoms with Crippen molar-refractivity contribution in [3.8, 4) is 0 Å². The summed E-state index contributed by atoms with van der Waals surface area (Å²) in [5, 5.41) is 2.56. The van der Waals surface area contributed by atoms with Crippen LogP contribution in [-0.2, 0) is 4.74 Å². The molecule has 5 nitrogen and oxygen atoms in total. The lowest BCUT2D eigenvalue weighted by Gasteiger charge is -2.12. The first-order valence-electron chi connectivity index (χ1n) is 5.36. The Morgan fingerprint density at radius 2 is 2.41 bits per heavy atom. The van der Waals surface area contributed by atoms with Crippen molar-refractivity contribution in [1.29, 1.82) is 0 Å². The van der Waals surface area contributed by atoms with E-state index in [-0.39, 0.29) is 17.5 Å². The molecule has 1 unspecified atom stereocenters. The Labute approximate surface area is 99.2 Å². The van der Waals surface area contributed by atoms with Crippen LogP contribution in [0.25, 0.3) is 0 Å². The number of carbonyl (C=O) groups is 1. The molecule has 1 aromatic rings. The zero-order valence-corrected chi connectivity index (χ0v) is 9.87. The Morgan fingerprint density at radius 3 is 3.06 bits per heavy atom. The maximum Gasteiger partial charge on any atom is 0.254 e. The fourth-order valence-corrected chi connectivity index (χ4v) is 1.31. The van der Waals surface area contributed by atoms with Crippen molar-refractivity contribution in [2.75, 3.05) is 18.9 Å². The summed E-state index contributed by atoms with van der Waals surface area (Å²) in [5.74, 6) is -1.60. The zero-order valence-electron chi connectivity index (χ0n) is 9.87. The second-order valence-electron chi connectivity index (χ2n) is 3.53. The molecule has 1 amide bonds. The fourth-order valence-electron chi connectivity index (χ4n) is 1.31. The topological polar surface area (TPSA) is 77.2 Å². The summed E-state index contributed by atoms with van der Waals surface area (Å²) in [6.07, 6.45) is 1.17. The number of aromatic nitrogens is 1. The Morgan fingerprint density at radius 1 is 1.71 bits per heavy atom. The van der Waals surface area contributed by atoms with Gasteiger partial charge in [0.1, 0.15) is 0 Å². The highest BCUT2D eigenvalue weighted by Gasteiger charge is 2.14. The predicted molar refractivity (Wildman–Crippen MR) is 62.0 cm³/mol. The maximum atomic E-state index is 13.4. The summed E-state index contributed by atoms with van der Waals surface area (Å²) < 4.78 is 18.7. The van der Waals surface area contributed by atoms with Gasteiger partial charge in [0.2, 0.25) is 0 Å². The van der Waals surface area contributed by atoms with E-state index in [0.717, 1.165) is 0 Å². The first-order chi connectivity index (χ1) is 8.06. The summed E-state index contributed by atoms with van der Waals surface area (Å²) in [6.45, 7) is 4.56. The number of hydrogen-bond donors (Lipinski definition) is 2. The minimum absolute atomic E-state index is 0.110. The number of amides is 1. The molecule has 0 aliphatic heterocycles. The molecule has 3 N–H and O–H groups in total. The highest BCUT2D eigenvalue weighted by Crippen LogP contribution is 2.11. The van der Waals surface area contributed by atoms with Crippen LogP contribution < -0.4 is 11.1 Å². The van der Waals surface area contributed by atoms with Gasteiger partial charge in [-0.15, -0.1) is 0 Å². The Kier molecular flexibility index (Phi) is 4.84. The van der Waals surface area contributed by atoms with Gasteiger partial charge in [-0.1, -0.05) is 0 Å². The monoisotopic (exact) mass is 241 g/mol. The summed E-state index contributed by atoms with van der Waals surface area (Å²) in [6, 6.07) is 1.28. The molecule has 0 radical (unpaired) electrons.